The first kappa shape index (κ1) is 22.5. The highest BCUT2D eigenvalue weighted by Gasteiger charge is 2.43. The summed E-state index contributed by atoms with van der Waals surface area (Å²) < 4.78 is 53.7. The molecule has 3 rings (SSSR count). The Balaban J connectivity index is 1.75. The number of allylic oxidation sites excluding steroid dienone is 4. The molecule has 0 saturated heterocycles. The van der Waals surface area contributed by atoms with E-state index in [1.54, 1.807) is 25.1 Å². The molecule has 1 unspecified atom stereocenters. The van der Waals surface area contributed by atoms with Gasteiger partial charge in [0.2, 0.25) is 0 Å². The summed E-state index contributed by atoms with van der Waals surface area (Å²) in [6, 6.07) is 8.24. The van der Waals surface area contributed by atoms with E-state index in [1.807, 2.05) is 6.08 Å². The van der Waals surface area contributed by atoms with Crippen LogP contribution in [0.2, 0.25) is 0 Å². The summed E-state index contributed by atoms with van der Waals surface area (Å²) in [5.74, 6) is -1.09. The molecule has 1 aromatic carbocycles. The number of amides is 1. The van der Waals surface area contributed by atoms with Crippen molar-refractivity contribution in [3.8, 4) is 0 Å². The molecule has 0 radical (unpaired) electrons. The van der Waals surface area contributed by atoms with Crippen molar-refractivity contribution in [2.24, 2.45) is 0 Å². The first-order valence-electron chi connectivity index (χ1n) is 9.83. The van der Waals surface area contributed by atoms with Gasteiger partial charge in [-0.05, 0) is 62.1 Å². The average Bonchev–Trinajstić information content (AvgIpc) is 2.72. The Morgan fingerprint density at radius 2 is 1.87 bits per heavy atom. The lowest BCUT2D eigenvalue weighted by Gasteiger charge is -2.22. The van der Waals surface area contributed by atoms with E-state index in [9.17, 15) is 22.4 Å². The van der Waals surface area contributed by atoms with E-state index in [0.717, 1.165) is 11.1 Å². The van der Waals surface area contributed by atoms with Crippen LogP contribution in [-0.4, -0.2) is 17.1 Å². The largest absolute Gasteiger partial charge is 0.414 e. The van der Waals surface area contributed by atoms with E-state index in [2.05, 4.69) is 10.3 Å². The van der Waals surface area contributed by atoms with Gasteiger partial charge in [-0.15, -0.1) is 0 Å². The third kappa shape index (κ3) is 6.13. The van der Waals surface area contributed by atoms with Crippen molar-refractivity contribution in [1.82, 2.24) is 10.3 Å². The molecule has 1 amide bonds. The number of benzene rings is 1. The number of rotatable bonds is 5. The SMILES string of the molecule is CC1=C(C(=O)NC(c2ccccn2)C(F)(F)F)C=CC=C(Cc2ccc(F)cc2)CC1. The maximum Gasteiger partial charge on any atom is 0.414 e. The molecule has 1 heterocycles. The number of halogens is 4. The van der Waals surface area contributed by atoms with Gasteiger partial charge in [0.25, 0.3) is 5.91 Å². The molecule has 1 N–H and O–H groups in total. The molecule has 0 bridgehead atoms. The Morgan fingerprint density at radius 1 is 1.13 bits per heavy atom. The molecule has 0 saturated carbocycles. The van der Waals surface area contributed by atoms with Gasteiger partial charge in [-0.1, -0.05) is 41.5 Å². The third-order valence-corrected chi connectivity index (χ3v) is 5.05. The molecule has 0 spiro atoms. The Hall–Kier alpha value is -3.22. The smallest absolute Gasteiger partial charge is 0.335 e. The number of pyridine rings is 1. The Bertz CT molecular complexity index is 1010. The minimum Gasteiger partial charge on any atom is -0.335 e. The van der Waals surface area contributed by atoms with Crippen LogP contribution in [0.15, 0.2) is 83.6 Å². The number of carbonyl (C=O) groups is 1. The summed E-state index contributed by atoms with van der Waals surface area (Å²) in [4.78, 5) is 16.5. The average molecular weight is 430 g/mol. The Morgan fingerprint density at radius 3 is 2.52 bits per heavy atom. The Labute approximate surface area is 178 Å². The molecule has 1 aliphatic rings. The molecule has 7 heteroatoms. The van der Waals surface area contributed by atoms with Gasteiger partial charge in [0, 0.05) is 11.8 Å². The summed E-state index contributed by atoms with van der Waals surface area (Å²) in [6.07, 6.45) is 3.44. The summed E-state index contributed by atoms with van der Waals surface area (Å²) in [5, 5.41) is 2.09. The number of nitrogens with zero attached hydrogens (tertiary/aromatic N) is 1. The van der Waals surface area contributed by atoms with Crippen molar-refractivity contribution in [1.29, 1.82) is 0 Å². The molecular formula is C24H22F4N2O. The molecule has 31 heavy (non-hydrogen) atoms. The van der Waals surface area contributed by atoms with Crippen LogP contribution in [0.25, 0.3) is 0 Å². The first-order chi connectivity index (χ1) is 14.7. The highest BCUT2D eigenvalue weighted by atomic mass is 19.4. The molecule has 1 aromatic heterocycles. The van der Waals surface area contributed by atoms with Crippen LogP contribution in [0.1, 0.15) is 37.1 Å². The zero-order valence-electron chi connectivity index (χ0n) is 16.9. The molecule has 0 aliphatic heterocycles. The van der Waals surface area contributed by atoms with Crippen molar-refractivity contribution in [3.05, 3.63) is 101 Å². The normalized spacial score (nSPS) is 15.7. The lowest BCUT2D eigenvalue weighted by atomic mass is 9.94. The molecule has 2 aromatic rings. The maximum absolute atomic E-state index is 13.5. The zero-order chi connectivity index (χ0) is 22.4. The zero-order valence-corrected chi connectivity index (χ0v) is 16.9. The first-order valence-corrected chi connectivity index (χ1v) is 9.83. The van der Waals surface area contributed by atoms with Crippen LogP contribution < -0.4 is 5.32 Å². The van der Waals surface area contributed by atoms with Crippen molar-refractivity contribution < 1.29 is 22.4 Å². The number of aromatic nitrogens is 1. The van der Waals surface area contributed by atoms with Crippen molar-refractivity contribution in [3.63, 3.8) is 0 Å². The summed E-state index contributed by atoms with van der Waals surface area (Å²) in [6.45, 7) is 1.74. The highest BCUT2D eigenvalue weighted by Crippen LogP contribution is 2.32. The second kappa shape index (κ2) is 9.73. The van der Waals surface area contributed by atoms with Gasteiger partial charge in [-0.25, -0.2) is 4.39 Å². The molecule has 1 atom stereocenters. The van der Waals surface area contributed by atoms with E-state index in [4.69, 9.17) is 0 Å². The molecule has 0 fully saturated rings. The number of nitrogens with one attached hydrogen (secondary N) is 1. The number of carbonyl (C=O) groups excluding carboxylic acids is 1. The summed E-state index contributed by atoms with van der Waals surface area (Å²) in [7, 11) is 0. The monoisotopic (exact) mass is 430 g/mol. The minimum absolute atomic E-state index is 0.210. The summed E-state index contributed by atoms with van der Waals surface area (Å²) in [5.41, 5.74) is 2.69. The highest BCUT2D eigenvalue weighted by molar-refractivity contribution is 5.97. The topological polar surface area (TPSA) is 42.0 Å². The van der Waals surface area contributed by atoms with Crippen LogP contribution in [0.4, 0.5) is 17.6 Å². The lowest BCUT2D eigenvalue weighted by molar-refractivity contribution is -0.163. The molecule has 162 valence electrons. The number of hydrogen-bond donors (Lipinski definition) is 1. The predicted molar refractivity (Wildman–Crippen MR) is 110 cm³/mol. The fourth-order valence-electron chi connectivity index (χ4n) is 3.35. The van der Waals surface area contributed by atoms with Crippen molar-refractivity contribution >= 4 is 5.91 Å². The number of hydrogen-bond acceptors (Lipinski definition) is 2. The molecule has 1 aliphatic carbocycles. The maximum atomic E-state index is 13.5. The number of alkyl halides is 3. The van der Waals surface area contributed by atoms with Crippen molar-refractivity contribution in [2.75, 3.05) is 0 Å². The van der Waals surface area contributed by atoms with Gasteiger partial charge in [-0.2, -0.15) is 13.2 Å². The van der Waals surface area contributed by atoms with Crippen LogP contribution in [0, 0.1) is 5.82 Å². The van der Waals surface area contributed by atoms with Crippen LogP contribution in [0.3, 0.4) is 0 Å². The second-order valence-electron chi connectivity index (χ2n) is 7.38. The minimum atomic E-state index is -4.67. The fourth-order valence-corrected chi connectivity index (χ4v) is 3.35. The molecular weight excluding hydrogens is 408 g/mol. The molecule has 3 nitrogen and oxygen atoms in total. The van der Waals surface area contributed by atoms with Gasteiger partial charge >= 0.3 is 6.18 Å². The van der Waals surface area contributed by atoms with Gasteiger partial charge in [-0.3, -0.25) is 9.78 Å². The standard InChI is InChI=1S/C24H22F4N2O/c1-16-8-9-17(15-18-10-12-19(25)13-11-18)5-4-6-20(16)23(31)30-22(24(26,27)28)21-7-2-3-14-29-21/h2-7,10-14,22H,8-9,15H2,1H3,(H,30,31). The predicted octanol–water partition coefficient (Wildman–Crippen LogP) is 5.78. The Kier molecular flexibility index (Phi) is 7.05. The lowest BCUT2D eigenvalue weighted by Crippen LogP contribution is -2.39. The van der Waals surface area contributed by atoms with Crippen molar-refractivity contribution in [2.45, 2.75) is 38.4 Å². The van der Waals surface area contributed by atoms with Gasteiger partial charge in [0.15, 0.2) is 6.04 Å². The van der Waals surface area contributed by atoms with Crippen LogP contribution in [-0.2, 0) is 11.2 Å². The van der Waals surface area contributed by atoms with E-state index in [1.165, 1.54) is 42.6 Å². The van der Waals surface area contributed by atoms with E-state index >= 15 is 0 Å². The quantitative estimate of drug-likeness (QED) is 0.612. The second-order valence-corrected chi connectivity index (χ2v) is 7.38. The van der Waals surface area contributed by atoms with Gasteiger partial charge in [0.1, 0.15) is 5.82 Å². The van der Waals surface area contributed by atoms with Crippen LogP contribution in [0.5, 0.6) is 0 Å². The summed E-state index contributed by atoms with van der Waals surface area (Å²) >= 11 is 0. The van der Waals surface area contributed by atoms with Crippen LogP contribution >= 0.6 is 0 Å². The third-order valence-electron chi connectivity index (χ3n) is 5.05. The van der Waals surface area contributed by atoms with Gasteiger partial charge in [0.05, 0.1) is 5.69 Å². The van der Waals surface area contributed by atoms with E-state index < -0.39 is 18.1 Å². The fraction of sp³-hybridized carbons (Fsp3) is 0.250. The van der Waals surface area contributed by atoms with E-state index in [-0.39, 0.29) is 17.1 Å². The van der Waals surface area contributed by atoms with Gasteiger partial charge < -0.3 is 5.32 Å². The van der Waals surface area contributed by atoms with E-state index in [0.29, 0.717) is 24.8 Å².